The van der Waals surface area contributed by atoms with Crippen LogP contribution in [0.15, 0.2) is 30.3 Å². The second-order valence-corrected chi connectivity index (χ2v) is 10.3. The fourth-order valence-electron chi connectivity index (χ4n) is 5.79. The first-order valence-corrected chi connectivity index (χ1v) is 13.2. The minimum atomic E-state index is -1.06. The summed E-state index contributed by atoms with van der Waals surface area (Å²) in [5.74, 6) is 0.180. The van der Waals surface area contributed by atoms with Crippen LogP contribution in [0.2, 0.25) is 0 Å². The number of ether oxygens (including phenoxy) is 1. The molecule has 1 aromatic heterocycles. The Kier molecular flexibility index (Phi) is 6.83. The van der Waals surface area contributed by atoms with Crippen LogP contribution in [0, 0.1) is 0 Å². The van der Waals surface area contributed by atoms with Crippen molar-refractivity contribution in [1.82, 2.24) is 24.9 Å². The van der Waals surface area contributed by atoms with E-state index in [1.54, 1.807) is 34.6 Å². The first-order valence-electron chi connectivity index (χ1n) is 13.2. The van der Waals surface area contributed by atoms with Gasteiger partial charge in [0.05, 0.1) is 13.7 Å². The summed E-state index contributed by atoms with van der Waals surface area (Å²) in [5.41, 5.74) is 0.598. The van der Waals surface area contributed by atoms with Gasteiger partial charge in [0, 0.05) is 56.6 Å². The molecule has 2 fully saturated rings. The van der Waals surface area contributed by atoms with Gasteiger partial charge in [0.2, 0.25) is 5.91 Å². The third kappa shape index (κ3) is 4.65. The minimum Gasteiger partial charge on any atom is -0.497 e. The molecule has 3 amide bonds. The molecule has 1 unspecified atom stereocenters. The van der Waals surface area contributed by atoms with Crippen molar-refractivity contribution in [1.29, 1.82) is 0 Å². The molecule has 10 nitrogen and oxygen atoms in total. The Balaban J connectivity index is 1.29. The number of aromatic nitrogens is 2. The van der Waals surface area contributed by atoms with Crippen molar-refractivity contribution in [3.63, 3.8) is 0 Å². The number of rotatable bonds is 6. The van der Waals surface area contributed by atoms with Crippen LogP contribution in [0.5, 0.6) is 5.75 Å². The maximum Gasteiger partial charge on any atom is 0.274 e. The molecular weight excluding hydrogens is 472 g/mol. The van der Waals surface area contributed by atoms with E-state index >= 15 is 0 Å². The number of carbonyl (C=O) groups excluding carboxylic acids is 3. The van der Waals surface area contributed by atoms with Gasteiger partial charge in [-0.25, -0.2) is 0 Å². The summed E-state index contributed by atoms with van der Waals surface area (Å²) in [6, 6.07) is 9.63. The van der Waals surface area contributed by atoms with Gasteiger partial charge in [-0.2, -0.15) is 5.10 Å². The lowest BCUT2D eigenvalue weighted by atomic mass is 9.94. The molecule has 1 aromatic carbocycles. The van der Waals surface area contributed by atoms with Crippen molar-refractivity contribution in [3.05, 3.63) is 41.7 Å². The van der Waals surface area contributed by atoms with Crippen LogP contribution in [0.25, 0.3) is 0 Å². The first-order chi connectivity index (χ1) is 17.8. The van der Waals surface area contributed by atoms with Gasteiger partial charge in [-0.05, 0) is 38.8 Å². The zero-order chi connectivity index (χ0) is 26.2. The van der Waals surface area contributed by atoms with Gasteiger partial charge >= 0.3 is 0 Å². The van der Waals surface area contributed by atoms with E-state index in [0.29, 0.717) is 38.4 Å². The molecule has 2 aromatic rings. The van der Waals surface area contributed by atoms with Crippen LogP contribution in [0.3, 0.4) is 0 Å². The molecule has 10 heteroatoms. The van der Waals surface area contributed by atoms with E-state index in [1.807, 2.05) is 31.2 Å². The fraction of sp³-hybridized carbons (Fsp3) is 0.556. The average molecular weight is 509 g/mol. The Bertz CT molecular complexity index is 1180. The number of anilines is 1. The fourth-order valence-corrected chi connectivity index (χ4v) is 5.79. The molecule has 3 aliphatic rings. The summed E-state index contributed by atoms with van der Waals surface area (Å²) in [4.78, 5) is 45.7. The minimum absolute atomic E-state index is 0.155. The molecule has 5 rings (SSSR count). The average Bonchev–Trinajstić information content (AvgIpc) is 3.58. The molecule has 1 saturated carbocycles. The van der Waals surface area contributed by atoms with Gasteiger partial charge in [0.15, 0.2) is 5.69 Å². The van der Waals surface area contributed by atoms with Crippen molar-refractivity contribution in [2.75, 3.05) is 44.7 Å². The van der Waals surface area contributed by atoms with Crippen molar-refractivity contribution < 1.29 is 19.1 Å². The Morgan fingerprint density at radius 1 is 1.14 bits per heavy atom. The SMILES string of the molecule is CCN1C(=O)c2cc(C(=O)N3CCN(c4cccc(OC)c4)CC3)nn2CC1(C)C(=O)NC1CCCC1. The molecule has 2 aliphatic heterocycles. The predicted octanol–water partition coefficient (Wildman–Crippen LogP) is 2.15. The highest BCUT2D eigenvalue weighted by atomic mass is 16.5. The molecule has 1 N–H and O–H groups in total. The van der Waals surface area contributed by atoms with Crippen molar-refractivity contribution in [2.45, 2.75) is 57.7 Å². The zero-order valence-electron chi connectivity index (χ0n) is 21.9. The standard InChI is InChI=1S/C27H36N6O4/c1-4-32-25(35)23-17-22(29-33(23)18-27(32,2)26(36)28-19-8-5-6-9-19)24(34)31-14-12-30(13-15-31)20-10-7-11-21(16-20)37-3/h7,10-11,16-17,19H,4-6,8-9,12-15,18H2,1-3H3,(H,28,36). The van der Waals surface area contributed by atoms with E-state index in [0.717, 1.165) is 37.1 Å². The van der Waals surface area contributed by atoms with E-state index in [1.165, 1.54) is 0 Å². The summed E-state index contributed by atoms with van der Waals surface area (Å²) in [5, 5.41) is 7.67. The highest BCUT2D eigenvalue weighted by Crippen LogP contribution is 2.29. The second-order valence-electron chi connectivity index (χ2n) is 10.3. The molecular formula is C27H36N6O4. The Morgan fingerprint density at radius 3 is 2.54 bits per heavy atom. The van der Waals surface area contributed by atoms with Gasteiger partial charge in [-0.1, -0.05) is 18.9 Å². The number of amides is 3. The molecule has 3 heterocycles. The van der Waals surface area contributed by atoms with Crippen molar-refractivity contribution in [2.24, 2.45) is 0 Å². The summed E-state index contributed by atoms with van der Waals surface area (Å²) in [6.45, 7) is 6.76. The van der Waals surface area contributed by atoms with Crippen LogP contribution in [-0.4, -0.2) is 88.7 Å². The lowest BCUT2D eigenvalue weighted by molar-refractivity contribution is -0.133. The second kappa shape index (κ2) is 10.1. The quantitative estimate of drug-likeness (QED) is 0.642. The molecule has 198 valence electrons. The van der Waals surface area contributed by atoms with Gasteiger partial charge in [-0.15, -0.1) is 0 Å². The number of hydrogen-bond acceptors (Lipinski definition) is 6. The number of methoxy groups -OCH3 is 1. The summed E-state index contributed by atoms with van der Waals surface area (Å²) in [7, 11) is 1.65. The normalized spacial score (nSPS) is 22.2. The Labute approximate surface area is 217 Å². The van der Waals surface area contributed by atoms with Crippen LogP contribution >= 0.6 is 0 Å². The van der Waals surface area contributed by atoms with E-state index in [2.05, 4.69) is 15.3 Å². The highest BCUT2D eigenvalue weighted by Gasteiger charge is 2.48. The van der Waals surface area contributed by atoms with Gasteiger partial charge in [0.25, 0.3) is 11.8 Å². The van der Waals surface area contributed by atoms with Gasteiger partial charge in [0.1, 0.15) is 17.0 Å². The summed E-state index contributed by atoms with van der Waals surface area (Å²) in [6.07, 6.45) is 4.17. The number of nitrogens with zero attached hydrogens (tertiary/aromatic N) is 5. The maximum atomic E-state index is 13.4. The predicted molar refractivity (Wildman–Crippen MR) is 139 cm³/mol. The number of carbonyl (C=O) groups is 3. The number of hydrogen-bond donors (Lipinski definition) is 1. The monoisotopic (exact) mass is 508 g/mol. The van der Waals surface area contributed by atoms with Gasteiger partial charge < -0.3 is 24.8 Å². The number of likely N-dealkylation sites (N-methyl/N-ethyl adjacent to an activating group) is 1. The van der Waals surface area contributed by atoms with Crippen molar-refractivity contribution >= 4 is 23.4 Å². The van der Waals surface area contributed by atoms with E-state index in [4.69, 9.17) is 4.74 Å². The van der Waals surface area contributed by atoms with Crippen LogP contribution in [0.4, 0.5) is 5.69 Å². The van der Waals surface area contributed by atoms with Gasteiger partial charge in [-0.3, -0.25) is 19.1 Å². The van der Waals surface area contributed by atoms with Crippen LogP contribution in [-0.2, 0) is 11.3 Å². The Morgan fingerprint density at radius 2 is 1.86 bits per heavy atom. The van der Waals surface area contributed by atoms with E-state index < -0.39 is 5.54 Å². The molecule has 0 spiro atoms. The lowest BCUT2D eigenvalue weighted by Gasteiger charge is -2.43. The number of benzene rings is 1. The van der Waals surface area contributed by atoms with Crippen LogP contribution in [0.1, 0.15) is 60.5 Å². The number of fused-ring (bicyclic) bond motifs is 1. The number of piperazine rings is 1. The third-order valence-corrected chi connectivity index (χ3v) is 8.00. The molecule has 1 saturated heterocycles. The molecule has 0 bridgehead atoms. The third-order valence-electron chi connectivity index (χ3n) is 8.00. The summed E-state index contributed by atoms with van der Waals surface area (Å²) >= 11 is 0. The molecule has 1 aliphatic carbocycles. The largest absolute Gasteiger partial charge is 0.497 e. The van der Waals surface area contributed by atoms with Crippen LogP contribution < -0.4 is 15.0 Å². The molecule has 1 atom stereocenters. The zero-order valence-corrected chi connectivity index (χ0v) is 21.9. The number of nitrogens with one attached hydrogen (secondary N) is 1. The highest BCUT2D eigenvalue weighted by molar-refractivity contribution is 6.02. The molecule has 0 radical (unpaired) electrons. The van der Waals surface area contributed by atoms with Crippen molar-refractivity contribution in [3.8, 4) is 5.75 Å². The smallest absolute Gasteiger partial charge is 0.274 e. The van der Waals surface area contributed by atoms with E-state index in [9.17, 15) is 14.4 Å². The first kappa shape index (κ1) is 25.1. The maximum absolute atomic E-state index is 13.4. The Hall–Kier alpha value is -3.56. The lowest BCUT2D eigenvalue weighted by Crippen LogP contribution is -2.64. The van der Waals surface area contributed by atoms with E-state index in [-0.39, 0.29) is 36.0 Å². The topological polar surface area (TPSA) is 100 Å². The summed E-state index contributed by atoms with van der Waals surface area (Å²) < 4.78 is 6.88. The molecule has 37 heavy (non-hydrogen) atoms.